The van der Waals surface area contributed by atoms with E-state index in [0.29, 0.717) is 23.7 Å². The quantitative estimate of drug-likeness (QED) is 0.744. The minimum absolute atomic E-state index is 0.170. The molecule has 1 fully saturated rings. The molecule has 1 aromatic heterocycles. The average molecular weight is 281 g/mol. The molecule has 2 N–H and O–H groups in total. The number of fused-ring (bicyclic) bond motifs is 1. The fourth-order valence-electron chi connectivity index (χ4n) is 2.78. The molecular weight excluding hydrogens is 265 g/mol. The van der Waals surface area contributed by atoms with Gasteiger partial charge in [0, 0.05) is 17.2 Å². The van der Waals surface area contributed by atoms with E-state index in [-0.39, 0.29) is 5.82 Å². The van der Waals surface area contributed by atoms with Crippen molar-refractivity contribution in [1.82, 2.24) is 9.55 Å². The van der Waals surface area contributed by atoms with Gasteiger partial charge in [0.15, 0.2) is 0 Å². The van der Waals surface area contributed by atoms with E-state index in [0.717, 1.165) is 29.7 Å². The van der Waals surface area contributed by atoms with Gasteiger partial charge in [-0.25, -0.2) is 9.37 Å². The van der Waals surface area contributed by atoms with E-state index in [1.165, 1.54) is 6.07 Å². The van der Waals surface area contributed by atoms with Crippen LogP contribution in [0.4, 0.5) is 10.1 Å². The van der Waals surface area contributed by atoms with E-state index in [2.05, 4.69) is 4.57 Å². The van der Waals surface area contributed by atoms with Crippen LogP contribution in [0.2, 0.25) is 0 Å². The van der Waals surface area contributed by atoms with Gasteiger partial charge in [-0.3, -0.25) is 0 Å². The van der Waals surface area contributed by atoms with Gasteiger partial charge in [0.2, 0.25) is 0 Å². The number of halogens is 1. The summed E-state index contributed by atoms with van der Waals surface area (Å²) in [5, 5.41) is 0. The first kappa shape index (κ1) is 12.4. The van der Waals surface area contributed by atoms with Crippen LogP contribution in [0.1, 0.15) is 30.1 Å². The Morgan fingerprint density at radius 3 is 2.76 bits per heavy atom. The van der Waals surface area contributed by atoms with Crippen molar-refractivity contribution in [2.45, 2.75) is 25.3 Å². The first-order valence-electron chi connectivity index (χ1n) is 7.21. The van der Waals surface area contributed by atoms with Gasteiger partial charge < -0.3 is 10.3 Å². The first-order valence-corrected chi connectivity index (χ1v) is 7.21. The molecule has 1 aliphatic rings. The van der Waals surface area contributed by atoms with Gasteiger partial charge in [-0.2, -0.15) is 0 Å². The van der Waals surface area contributed by atoms with Crippen molar-refractivity contribution in [3.05, 3.63) is 59.7 Å². The lowest BCUT2D eigenvalue weighted by Gasteiger charge is -2.09. The Kier molecular flexibility index (Phi) is 2.70. The second-order valence-electron chi connectivity index (χ2n) is 5.67. The third-order valence-electron chi connectivity index (χ3n) is 4.03. The Balaban J connectivity index is 1.86. The third kappa shape index (κ3) is 2.17. The van der Waals surface area contributed by atoms with Crippen LogP contribution in [-0.2, 0) is 6.54 Å². The van der Waals surface area contributed by atoms with Gasteiger partial charge in [-0.15, -0.1) is 0 Å². The van der Waals surface area contributed by atoms with Crippen molar-refractivity contribution in [2.24, 2.45) is 0 Å². The van der Waals surface area contributed by atoms with Crippen LogP contribution < -0.4 is 5.73 Å². The Morgan fingerprint density at radius 1 is 1.19 bits per heavy atom. The van der Waals surface area contributed by atoms with Crippen LogP contribution >= 0.6 is 0 Å². The van der Waals surface area contributed by atoms with Crippen LogP contribution in [0.25, 0.3) is 11.0 Å². The maximum Gasteiger partial charge on any atom is 0.128 e. The molecule has 3 aromatic rings. The molecule has 0 radical (unpaired) electrons. The molecule has 21 heavy (non-hydrogen) atoms. The summed E-state index contributed by atoms with van der Waals surface area (Å²) in [5.41, 5.74) is 9.16. The van der Waals surface area contributed by atoms with Crippen molar-refractivity contribution in [3.8, 4) is 0 Å². The Labute approximate surface area is 122 Å². The molecule has 0 bridgehead atoms. The number of imidazole rings is 1. The molecule has 0 aliphatic heterocycles. The molecule has 1 heterocycles. The Hall–Kier alpha value is -2.36. The summed E-state index contributed by atoms with van der Waals surface area (Å²) < 4.78 is 16.1. The predicted molar refractivity (Wildman–Crippen MR) is 81.6 cm³/mol. The zero-order valence-corrected chi connectivity index (χ0v) is 11.6. The molecule has 2 aromatic carbocycles. The lowest BCUT2D eigenvalue weighted by Crippen LogP contribution is -2.05. The topological polar surface area (TPSA) is 43.8 Å². The average Bonchev–Trinajstić information content (AvgIpc) is 3.25. The number of benzene rings is 2. The van der Waals surface area contributed by atoms with E-state index in [4.69, 9.17) is 10.7 Å². The predicted octanol–water partition coefficient (Wildman–Crippen LogP) is 3.68. The molecular formula is C17H16FN3. The van der Waals surface area contributed by atoms with Gasteiger partial charge in [-0.05, 0) is 37.1 Å². The molecule has 0 atom stereocenters. The number of nitrogen functional groups attached to an aromatic ring is 1. The van der Waals surface area contributed by atoms with Gasteiger partial charge in [0.05, 0.1) is 17.6 Å². The summed E-state index contributed by atoms with van der Waals surface area (Å²) in [5.74, 6) is 1.39. The zero-order valence-electron chi connectivity index (χ0n) is 11.6. The number of aromatic nitrogens is 2. The molecule has 106 valence electrons. The zero-order chi connectivity index (χ0) is 14.4. The Bertz CT molecular complexity index is 818. The van der Waals surface area contributed by atoms with Crippen molar-refractivity contribution < 1.29 is 4.39 Å². The van der Waals surface area contributed by atoms with E-state index < -0.39 is 0 Å². The highest BCUT2D eigenvalue weighted by Gasteiger charge is 2.29. The van der Waals surface area contributed by atoms with Crippen LogP contribution in [0.15, 0.2) is 42.5 Å². The number of hydrogen-bond donors (Lipinski definition) is 1. The van der Waals surface area contributed by atoms with Crippen LogP contribution in [0.3, 0.4) is 0 Å². The number of hydrogen-bond acceptors (Lipinski definition) is 2. The molecule has 4 rings (SSSR count). The number of rotatable bonds is 3. The normalized spacial score (nSPS) is 14.7. The van der Waals surface area contributed by atoms with Crippen LogP contribution in [0, 0.1) is 5.82 Å². The highest BCUT2D eigenvalue weighted by Crippen LogP contribution is 2.41. The van der Waals surface area contributed by atoms with Crippen molar-refractivity contribution in [2.75, 3.05) is 5.73 Å². The minimum atomic E-state index is -0.170. The fourth-order valence-corrected chi connectivity index (χ4v) is 2.78. The lowest BCUT2D eigenvalue weighted by molar-refractivity contribution is 0.597. The third-order valence-corrected chi connectivity index (χ3v) is 4.03. The number of nitrogens with zero attached hydrogens (tertiary/aromatic N) is 2. The summed E-state index contributed by atoms with van der Waals surface area (Å²) >= 11 is 0. The molecule has 1 saturated carbocycles. The SMILES string of the molecule is Nc1ccc2c(c1)nc(C1CC1)n2Cc1ccccc1F. The fraction of sp³-hybridized carbons (Fsp3) is 0.235. The van der Waals surface area contributed by atoms with E-state index in [1.54, 1.807) is 6.07 Å². The van der Waals surface area contributed by atoms with Crippen LogP contribution in [-0.4, -0.2) is 9.55 Å². The summed E-state index contributed by atoms with van der Waals surface area (Å²) in [6, 6.07) is 12.7. The molecule has 0 spiro atoms. The largest absolute Gasteiger partial charge is 0.399 e. The molecule has 0 unspecified atom stereocenters. The molecule has 4 heteroatoms. The Morgan fingerprint density at radius 2 is 2.00 bits per heavy atom. The molecule has 0 saturated heterocycles. The molecule has 1 aliphatic carbocycles. The summed E-state index contributed by atoms with van der Waals surface area (Å²) in [6.07, 6.45) is 2.33. The second-order valence-corrected chi connectivity index (χ2v) is 5.67. The van der Waals surface area contributed by atoms with Crippen molar-refractivity contribution >= 4 is 16.7 Å². The van der Waals surface area contributed by atoms with Crippen molar-refractivity contribution in [3.63, 3.8) is 0 Å². The minimum Gasteiger partial charge on any atom is -0.399 e. The van der Waals surface area contributed by atoms with Gasteiger partial charge in [0.25, 0.3) is 0 Å². The van der Waals surface area contributed by atoms with Gasteiger partial charge in [0.1, 0.15) is 11.6 Å². The smallest absolute Gasteiger partial charge is 0.128 e. The maximum absolute atomic E-state index is 13.9. The van der Waals surface area contributed by atoms with E-state index in [1.807, 2.05) is 30.3 Å². The summed E-state index contributed by atoms with van der Waals surface area (Å²) in [7, 11) is 0. The summed E-state index contributed by atoms with van der Waals surface area (Å²) in [6.45, 7) is 0.513. The lowest BCUT2D eigenvalue weighted by atomic mass is 10.2. The highest BCUT2D eigenvalue weighted by molar-refractivity contribution is 5.80. The summed E-state index contributed by atoms with van der Waals surface area (Å²) in [4.78, 5) is 4.72. The number of nitrogens with two attached hydrogens (primary N) is 1. The van der Waals surface area contributed by atoms with Gasteiger partial charge >= 0.3 is 0 Å². The highest BCUT2D eigenvalue weighted by atomic mass is 19.1. The van der Waals surface area contributed by atoms with E-state index in [9.17, 15) is 4.39 Å². The maximum atomic E-state index is 13.9. The standard InChI is InChI=1S/C17H16FN3/c18-14-4-2-1-3-12(14)10-21-16-8-7-13(19)9-15(16)20-17(21)11-5-6-11/h1-4,7-9,11H,5-6,10,19H2. The second kappa shape index (κ2) is 4.58. The van der Waals surface area contributed by atoms with E-state index >= 15 is 0 Å². The number of anilines is 1. The monoisotopic (exact) mass is 281 g/mol. The molecule has 3 nitrogen and oxygen atoms in total. The van der Waals surface area contributed by atoms with Gasteiger partial charge in [-0.1, -0.05) is 18.2 Å². The molecule has 0 amide bonds. The van der Waals surface area contributed by atoms with Crippen LogP contribution in [0.5, 0.6) is 0 Å². The van der Waals surface area contributed by atoms with Crippen molar-refractivity contribution in [1.29, 1.82) is 0 Å². The first-order chi connectivity index (χ1) is 10.2.